The largest absolute Gasteiger partial charge is 0.451 e. The number of anilines is 1. The van der Waals surface area contributed by atoms with Crippen molar-refractivity contribution in [2.75, 3.05) is 5.73 Å². The Morgan fingerprint density at radius 1 is 1.17 bits per heavy atom. The molecule has 0 amide bonds. The molecule has 1 aromatic rings. The molecule has 0 heterocycles. The highest BCUT2D eigenvalue weighted by molar-refractivity contribution is 5.89. The number of ether oxygens (including phenoxy) is 1. The molecule has 2 aliphatic carbocycles. The van der Waals surface area contributed by atoms with E-state index in [-0.39, 0.29) is 17.7 Å². The normalized spacial score (nSPS) is 34.9. The van der Waals surface area contributed by atoms with Gasteiger partial charge in [-0.15, -0.1) is 0 Å². The minimum Gasteiger partial charge on any atom is -0.451 e. The Morgan fingerprint density at radius 3 is 2.33 bits per heavy atom. The number of hydrogen-bond donors (Lipinski definition) is 1. The van der Waals surface area contributed by atoms with Crippen molar-refractivity contribution in [2.24, 2.45) is 17.3 Å². The SMILES string of the molecule is CCCC(C)=C1C(c2ccc(N)cc2)CC2(C)C(CCC2(OC(C)=O)C(C)=O)C1C. The predicted octanol–water partition coefficient (Wildman–Crippen LogP) is 5.82. The first kappa shape index (κ1) is 22.6. The number of carbonyl (C=O) groups excluding carboxylic acids is 2. The van der Waals surface area contributed by atoms with Gasteiger partial charge in [0.05, 0.1) is 0 Å². The van der Waals surface area contributed by atoms with Gasteiger partial charge in [0.1, 0.15) is 0 Å². The Hall–Kier alpha value is -2.10. The molecule has 0 saturated heterocycles. The van der Waals surface area contributed by atoms with Crippen LogP contribution < -0.4 is 5.73 Å². The zero-order chi connectivity index (χ0) is 22.3. The number of hydrogen-bond acceptors (Lipinski definition) is 4. The van der Waals surface area contributed by atoms with Gasteiger partial charge in [0.25, 0.3) is 0 Å². The number of allylic oxidation sites excluding steroid dienone is 2. The van der Waals surface area contributed by atoms with Gasteiger partial charge in [-0.25, -0.2) is 0 Å². The fourth-order valence-electron chi connectivity index (χ4n) is 6.74. The third kappa shape index (κ3) is 3.48. The number of ketones is 1. The predicted molar refractivity (Wildman–Crippen MR) is 121 cm³/mol. The van der Waals surface area contributed by atoms with Crippen LogP contribution >= 0.6 is 0 Å². The third-order valence-electron chi connectivity index (χ3n) is 7.99. The molecule has 0 bridgehead atoms. The van der Waals surface area contributed by atoms with Crippen molar-refractivity contribution in [2.45, 2.75) is 85.2 Å². The van der Waals surface area contributed by atoms with Crippen LogP contribution in [0.3, 0.4) is 0 Å². The summed E-state index contributed by atoms with van der Waals surface area (Å²) in [6, 6.07) is 8.15. The Kier molecular flexibility index (Phi) is 6.18. The quantitative estimate of drug-likeness (QED) is 0.377. The van der Waals surface area contributed by atoms with Crippen molar-refractivity contribution in [1.29, 1.82) is 0 Å². The van der Waals surface area contributed by atoms with Crippen LogP contribution in [0.2, 0.25) is 0 Å². The van der Waals surface area contributed by atoms with Crippen molar-refractivity contribution in [3.63, 3.8) is 0 Å². The first-order valence-corrected chi connectivity index (χ1v) is 11.3. The van der Waals surface area contributed by atoms with Crippen LogP contribution in [0, 0.1) is 17.3 Å². The molecule has 5 atom stereocenters. The smallest absolute Gasteiger partial charge is 0.303 e. The van der Waals surface area contributed by atoms with Crippen molar-refractivity contribution < 1.29 is 14.3 Å². The molecule has 1 aromatic carbocycles. The van der Waals surface area contributed by atoms with Gasteiger partial charge >= 0.3 is 5.97 Å². The lowest BCUT2D eigenvalue weighted by Gasteiger charge is -2.52. The number of esters is 1. The Bertz CT molecular complexity index is 856. The highest BCUT2D eigenvalue weighted by Gasteiger charge is 2.66. The van der Waals surface area contributed by atoms with Gasteiger partial charge in [0.15, 0.2) is 11.4 Å². The van der Waals surface area contributed by atoms with Crippen LogP contribution in [0.25, 0.3) is 0 Å². The molecule has 4 nitrogen and oxygen atoms in total. The summed E-state index contributed by atoms with van der Waals surface area (Å²) in [5, 5.41) is 0. The molecule has 0 radical (unpaired) electrons. The first-order valence-electron chi connectivity index (χ1n) is 11.3. The van der Waals surface area contributed by atoms with Crippen LogP contribution in [-0.4, -0.2) is 17.4 Å². The van der Waals surface area contributed by atoms with E-state index < -0.39 is 11.0 Å². The number of rotatable bonds is 5. The van der Waals surface area contributed by atoms with E-state index in [0.29, 0.717) is 18.3 Å². The topological polar surface area (TPSA) is 69.4 Å². The number of nitrogens with two attached hydrogens (primary N) is 1. The van der Waals surface area contributed by atoms with E-state index in [4.69, 9.17) is 10.5 Å². The second kappa shape index (κ2) is 8.20. The van der Waals surface area contributed by atoms with Crippen LogP contribution in [0.1, 0.15) is 85.1 Å². The van der Waals surface area contributed by atoms with Gasteiger partial charge in [0.2, 0.25) is 0 Å². The van der Waals surface area contributed by atoms with E-state index in [2.05, 4.69) is 39.8 Å². The first-order chi connectivity index (χ1) is 14.1. The fraction of sp³-hybridized carbons (Fsp3) is 0.615. The van der Waals surface area contributed by atoms with Gasteiger partial charge in [-0.1, -0.05) is 50.5 Å². The molecule has 2 fully saturated rings. The van der Waals surface area contributed by atoms with Crippen LogP contribution in [0.5, 0.6) is 0 Å². The van der Waals surface area contributed by atoms with E-state index >= 15 is 0 Å². The van der Waals surface area contributed by atoms with Gasteiger partial charge in [0, 0.05) is 23.9 Å². The zero-order valence-electron chi connectivity index (χ0n) is 19.4. The third-order valence-corrected chi connectivity index (χ3v) is 7.99. The van der Waals surface area contributed by atoms with Crippen molar-refractivity contribution in [3.05, 3.63) is 41.0 Å². The monoisotopic (exact) mass is 411 g/mol. The summed E-state index contributed by atoms with van der Waals surface area (Å²) in [6.45, 7) is 12.0. The van der Waals surface area contributed by atoms with E-state index in [1.807, 2.05) is 12.1 Å². The lowest BCUT2D eigenvalue weighted by Crippen LogP contribution is -2.56. The molecule has 2 N–H and O–H groups in total. The second-order valence-electron chi connectivity index (χ2n) is 9.74. The second-order valence-corrected chi connectivity index (χ2v) is 9.74. The summed E-state index contributed by atoms with van der Waals surface area (Å²) in [5.74, 6) is 0.443. The Morgan fingerprint density at radius 2 is 1.80 bits per heavy atom. The van der Waals surface area contributed by atoms with E-state index in [9.17, 15) is 9.59 Å². The summed E-state index contributed by atoms with van der Waals surface area (Å²) < 4.78 is 5.90. The molecular formula is C26H37NO3. The van der Waals surface area contributed by atoms with Crippen molar-refractivity contribution in [1.82, 2.24) is 0 Å². The van der Waals surface area contributed by atoms with Crippen molar-refractivity contribution >= 4 is 17.4 Å². The number of benzene rings is 1. The molecule has 164 valence electrons. The molecule has 0 aliphatic heterocycles. The van der Waals surface area contributed by atoms with E-state index in [1.54, 1.807) is 6.92 Å². The lowest BCUT2D eigenvalue weighted by atomic mass is 9.53. The number of fused-ring (bicyclic) bond motifs is 1. The van der Waals surface area contributed by atoms with E-state index in [1.165, 1.54) is 23.6 Å². The Balaban J connectivity index is 2.17. The standard InChI is InChI=1S/C26H37NO3/c1-7-8-16(2)24-17(3)23-13-14-26(18(4)28,30-19(5)29)25(23,6)15-22(24)20-9-11-21(27)12-10-20/h9-12,17,22-23H,7-8,13-15,27H2,1-6H3. The average molecular weight is 412 g/mol. The molecule has 2 saturated carbocycles. The van der Waals surface area contributed by atoms with Gasteiger partial charge in [-0.3, -0.25) is 9.59 Å². The maximum Gasteiger partial charge on any atom is 0.303 e. The summed E-state index contributed by atoms with van der Waals surface area (Å²) in [4.78, 5) is 25.0. The van der Waals surface area contributed by atoms with Crippen LogP contribution in [-0.2, 0) is 14.3 Å². The Labute approximate surface area is 181 Å². The minimum atomic E-state index is -1.03. The molecule has 5 unspecified atom stereocenters. The van der Waals surface area contributed by atoms with Crippen molar-refractivity contribution in [3.8, 4) is 0 Å². The number of carbonyl (C=O) groups is 2. The molecular weight excluding hydrogens is 374 g/mol. The van der Waals surface area contributed by atoms with Gasteiger partial charge in [-0.2, -0.15) is 0 Å². The van der Waals surface area contributed by atoms with Crippen LogP contribution in [0.4, 0.5) is 5.69 Å². The molecule has 30 heavy (non-hydrogen) atoms. The summed E-state index contributed by atoms with van der Waals surface area (Å²) in [5.41, 5.74) is 9.48. The highest BCUT2D eigenvalue weighted by atomic mass is 16.6. The molecule has 4 heteroatoms. The van der Waals surface area contributed by atoms with Gasteiger partial charge < -0.3 is 10.5 Å². The van der Waals surface area contributed by atoms with Crippen LogP contribution in [0.15, 0.2) is 35.4 Å². The minimum absolute atomic E-state index is 0.0244. The zero-order valence-corrected chi connectivity index (χ0v) is 19.4. The molecule has 0 spiro atoms. The maximum absolute atomic E-state index is 13.0. The fourth-order valence-corrected chi connectivity index (χ4v) is 6.74. The van der Waals surface area contributed by atoms with E-state index in [0.717, 1.165) is 31.4 Å². The maximum atomic E-state index is 13.0. The molecule has 3 rings (SSSR count). The average Bonchev–Trinajstić information content (AvgIpc) is 2.95. The number of Topliss-reactive ketones (excluding diaryl/α,β-unsaturated/α-hetero) is 1. The highest BCUT2D eigenvalue weighted by Crippen LogP contribution is 2.65. The summed E-state index contributed by atoms with van der Waals surface area (Å²) >= 11 is 0. The number of nitrogen functional groups attached to an aromatic ring is 1. The molecule has 2 aliphatic rings. The molecule has 0 aromatic heterocycles. The summed E-state index contributed by atoms with van der Waals surface area (Å²) in [6.07, 6.45) is 4.51. The van der Waals surface area contributed by atoms with Gasteiger partial charge in [-0.05, 0) is 69.1 Å². The summed E-state index contributed by atoms with van der Waals surface area (Å²) in [7, 11) is 0. The lowest BCUT2D eigenvalue weighted by molar-refractivity contribution is -0.182.